The molecule has 0 bridgehead atoms. The summed E-state index contributed by atoms with van der Waals surface area (Å²) in [5, 5.41) is 7.33. The van der Waals surface area contributed by atoms with Gasteiger partial charge in [-0.1, -0.05) is 0 Å². The summed E-state index contributed by atoms with van der Waals surface area (Å²) in [7, 11) is 1.57. The van der Waals surface area contributed by atoms with Crippen molar-refractivity contribution in [3.63, 3.8) is 0 Å². The Morgan fingerprint density at radius 1 is 1.46 bits per heavy atom. The van der Waals surface area contributed by atoms with Crippen molar-refractivity contribution >= 4 is 29.2 Å². The lowest BCUT2D eigenvalue weighted by atomic mass is 10.1. The van der Waals surface area contributed by atoms with E-state index < -0.39 is 12.1 Å². The molecular formula is C15H21N5O3S. The normalized spacial score (nSPS) is 21.7. The molecular weight excluding hydrogens is 330 g/mol. The highest BCUT2D eigenvalue weighted by Crippen LogP contribution is 2.13. The van der Waals surface area contributed by atoms with E-state index in [1.165, 1.54) is 16.2 Å². The Balaban J connectivity index is 1.70. The first-order valence-corrected chi connectivity index (χ1v) is 8.97. The minimum atomic E-state index is -0.651. The molecule has 0 aromatic carbocycles. The van der Waals surface area contributed by atoms with Crippen LogP contribution >= 0.6 is 11.3 Å². The van der Waals surface area contributed by atoms with E-state index in [1.54, 1.807) is 17.5 Å². The summed E-state index contributed by atoms with van der Waals surface area (Å²) in [6.45, 7) is 1.71. The lowest BCUT2D eigenvalue weighted by molar-refractivity contribution is -0.136. The second-order valence-electron chi connectivity index (χ2n) is 6.09. The average molecular weight is 351 g/mol. The van der Waals surface area contributed by atoms with Crippen molar-refractivity contribution in [1.29, 1.82) is 0 Å². The number of thiazole rings is 1. The number of carbonyl (C=O) groups excluding carboxylic acids is 3. The Labute approximate surface area is 144 Å². The summed E-state index contributed by atoms with van der Waals surface area (Å²) in [6.07, 6.45) is 2.35. The number of likely N-dealkylation sites (N-methyl/N-ethyl adjacent to an activating group) is 1. The highest BCUT2D eigenvalue weighted by molar-refractivity contribution is 7.07. The molecule has 0 radical (unpaired) electrons. The van der Waals surface area contributed by atoms with Gasteiger partial charge in [-0.25, -0.2) is 9.78 Å². The van der Waals surface area contributed by atoms with Crippen molar-refractivity contribution in [2.45, 2.75) is 31.3 Å². The van der Waals surface area contributed by atoms with Crippen molar-refractivity contribution in [3.8, 4) is 0 Å². The molecule has 3 rings (SSSR count). The van der Waals surface area contributed by atoms with Crippen molar-refractivity contribution in [3.05, 3.63) is 16.6 Å². The number of amides is 4. The minimum absolute atomic E-state index is 0.0752. The maximum atomic E-state index is 12.8. The first kappa shape index (κ1) is 16.7. The van der Waals surface area contributed by atoms with E-state index >= 15 is 0 Å². The number of hydrogen-bond acceptors (Lipinski definition) is 5. The van der Waals surface area contributed by atoms with Gasteiger partial charge in [-0.15, -0.1) is 11.3 Å². The zero-order chi connectivity index (χ0) is 17.1. The Bertz CT molecular complexity index is 615. The standard InChI is InChI=1S/C15H21N5O3S/c1-19-12(7-16-15(19)23)13(21)18-11(6-10-8-24-9-17-10)14(22)20-4-2-3-5-20/h8-9,11-12H,2-7H2,1H3,(H,16,23)(H,18,21). The van der Waals surface area contributed by atoms with Crippen LogP contribution in [0.3, 0.4) is 0 Å². The van der Waals surface area contributed by atoms with Gasteiger partial charge in [-0.3, -0.25) is 9.59 Å². The third-order valence-electron chi connectivity index (χ3n) is 4.47. The fourth-order valence-corrected chi connectivity index (χ4v) is 3.60. The van der Waals surface area contributed by atoms with Gasteiger partial charge in [0.2, 0.25) is 11.8 Å². The monoisotopic (exact) mass is 351 g/mol. The second-order valence-corrected chi connectivity index (χ2v) is 6.81. The van der Waals surface area contributed by atoms with E-state index in [2.05, 4.69) is 15.6 Å². The van der Waals surface area contributed by atoms with Gasteiger partial charge in [-0.2, -0.15) is 0 Å². The van der Waals surface area contributed by atoms with Crippen LogP contribution in [0, 0.1) is 0 Å². The third-order valence-corrected chi connectivity index (χ3v) is 5.10. The Morgan fingerprint density at radius 2 is 2.21 bits per heavy atom. The predicted octanol–water partition coefficient (Wildman–Crippen LogP) is -0.184. The van der Waals surface area contributed by atoms with Crippen LogP contribution in [-0.4, -0.2) is 71.4 Å². The van der Waals surface area contributed by atoms with Crippen LogP contribution in [0.2, 0.25) is 0 Å². The summed E-state index contributed by atoms with van der Waals surface area (Å²) in [5.74, 6) is -0.391. The van der Waals surface area contributed by atoms with Crippen LogP contribution < -0.4 is 10.6 Å². The van der Waals surface area contributed by atoms with Gasteiger partial charge in [0, 0.05) is 38.5 Å². The fraction of sp³-hybridized carbons (Fsp3) is 0.600. The summed E-state index contributed by atoms with van der Waals surface area (Å²) in [4.78, 5) is 44.2. The topological polar surface area (TPSA) is 94.6 Å². The molecule has 3 heterocycles. The number of aromatic nitrogens is 1. The van der Waals surface area contributed by atoms with Crippen LogP contribution in [0.25, 0.3) is 0 Å². The maximum absolute atomic E-state index is 12.8. The van der Waals surface area contributed by atoms with Crippen LogP contribution in [-0.2, 0) is 16.0 Å². The van der Waals surface area contributed by atoms with Gasteiger partial charge in [-0.05, 0) is 12.8 Å². The predicted molar refractivity (Wildman–Crippen MR) is 88.5 cm³/mol. The molecule has 9 heteroatoms. The molecule has 0 saturated carbocycles. The van der Waals surface area contributed by atoms with Gasteiger partial charge in [0.25, 0.3) is 0 Å². The summed E-state index contributed by atoms with van der Waals surface area (Å²) in [5.41, 5.74) is 2.49. The zero-order valence-corrected chi connectivity index (χ0v) is 14.3. The van der Waals surface area contributed by atoms with Gasteiger partial charge in [0.1, 0.15) is 12.1 Å². The molecule has 2 aliphatic heterocycles. The summed E-state index contributed by atoms with van der Waals surface area (Å²) >= 11 is 1.46. The number of rotatable bonds is 5. The maximum Gasteiger partial charge on any atom is 0.317 e. The van der Waals surface area contributed by atoms with E-state index in [0.717, 1.165) is 31.6 Å². The Morgan fingerprint density at radius 3 is 2.79 bits per heavy atom. The van der Waals surface area contributed by atoms with Crippen molar-refractivity contribution in [2.75, 3.05) is 26.7 Å². The molecule has 1 aromatic heterocycles. The summed E-state index contributed by atoms with van der Waals surface area (Å²) < 4.78 is 0. The van der Waals surface area contributed by atoms with Crippen molar-refractivity contribution in [2.24, 2.45) is 0 Å². The molecule has 2 aliphatic rings. The minimum Gasteiger partial charge on any atom is -0.342 e. The number of urea groups is 1. The number of likely N-dealkylation sites (tertiary alicyclic amines) is 1. The average Bonchev–Trinajstić information content (AvgIpc) is 3.30. The molecule has 2 saturated heterocycles. The van der Waals surface area contributed by atoms with Gasteiger partial charge in [0.05, 0.1) is 11.2 Å². The van der Waals surface area contributed by atoms with E-state index in [4.69, 9.17) is 0 Å². The van der Waals surface area contributed by atoms with Crippen LogP contribution in [0.15, 0.2) is 10.9 Å². The van der Waals surface area contributed by atoms with E-state index in [-0.39, 0.29) is 24.4 Å². The summed E-state index contributed by atoms with van der Waals surface area (Å²) in [6, 6.07) is -1.53. The molecule has 1 aromatic rings. The first-order chi connectivity index (χ1) is 11.6. The van der Waals surface area contributed by atoms with E-state index in [0.29, 0.717) is 6.42 Å². The molecule has 4 amide bonds. The largest absolute Gasteiger partial charge is 0.342 e. The fourth-order valence-electron chi connectivity index (χ4n) is 3.03. The molecule has 2 unspecified atom stereocenters. The second kappa shape index (κ2) is 7.16. The van der Waals surface area contributed by atoms with Crippen LogP contribution in [0.4, 0.5) is 4.79 Å². The number of nitrogens with one attached hydrogen (secondary N) is 2. The molecule has 2 N–H and O–H groups in total. The molecule has 130 valence electrons. The lowest BCUT2D eigenvalue weighted by Crippen LogP contribution is -2.54. The zero-order valence-electron chi connectivity index (χ0n) is 13.5. The van der Waals surface area contributed by atoms with E-state index in [9.17, 15) is 14.4 Å². The number of hydrogen-bond donors (Lipinski definition) is 2. The lowest BCUT2D eigenvalue weighted by Gasteiger charge is -2.26. The molecule has 0 spiro atoms. The van der Waals surface area contributed by atoms with Gasteiger partial charge >= 0.3 is 6.03 Å². The molecule has 0 aliphatic carbocycles. The molecule has 8 nitrogen and oxygen atoms in total. The van der Waals surface area contributed by atoms with E-state index in [1.807, 2.05) is 5.38 Å². The van der Waals surface area contributed by atoms with Crippen LogP contribution in [0.5, 0.6) is 0 Å². The Hall–Kier alpha value is -2.16. The van der Waals surface area contributed by atoms with Gasteiger partial charge in [0.15, 0.2) is 0 Å². The van der Waals surface area contributed by atoms with Gasteiger partial charge < -0.3 is 20.4 Å². The highest BCUT2D eigenvalue weighted by atomic mass is 32.1. The van der Waals surface area contributed by atoms with Crippen molar-refractivity contribution in [1.82, 2.24) is 25.4 Å². The third kappa shape index (κ3) is 3.50. The highest BCUT2D eigenvalue weighted by Gasteiger charge is 2.36. The number of nitrogens with zero attached hydrogens (tertiary/aromatic N) is 3. The smallest absolute Gasteiger partial charge is 0.317 e. The quantitative estimate of drug-likeness (QED) is 0.769. The number of carbonyl (C=O) groups is 3. The SMILES string of the molecule is CN1C(=O)NCC1C(=O)NC(Cc1cscn1)C(=O)N1CCCC1. The Kier molecular flexibility index (Phi) is 4.98. The molecule has 24 heavy (non-hydrogen) atoms. The van der Waals surface area contributed by atoms with Crippen molar-refractivity contribution < 1.29 is 14.4 Å². The first-order valence-electron chi connectivity index (χ1n) is 8.03. The van der Waals surface area contributed by atoms with Crippen LogP contribution in [0.1, 0.15) is 18.5 Å². The molecule has 2 atom stereocenters. The molecule has 2 fully saturated rings.